The van der Waals surface area contributed by atoms with Crippen LogP contribution in [0.1, 0.15) is 35.0 Å². The Kier molecular flexibility index (Phi) is 7.49. The van der Waals surface area contributed by atoms with Gasteiger partial charge in [-0.25, -0.2) is 13.4 Å². The molecule has 1 aromatic carbocycles. The van der Waals surface area contributed by atoms with Crippen molar-refractivity contribution in [2.24, 2.45) is 0 Å². The Morgan fingerprint density at radius 1 is 1.03 bits per heavy atom. The van der Waals surface area contributed by atoms with Gasteiger partial charge in [0, 0.05) is 38.8 Å². The number of pyridine rings is 1. The smallest absolute Gasteiger partial charge is 0.356 e. The van der Waals surface area contributed by atoms with Crippen LogP contribution in [0.15, 0.2) is 41.3 Å². The predicted molar refractivity (Wildman–Crippen MR) is 124 cm³/mol. The van der Waals surface area contributed by atoms with E-state index in [1.54, 1.807) is 24.8 Å². The minimum atomic E-state index is -4.54. The largest absolute Gasteiger partial charge is 0.416 e. The first-order chi connectivity index (χ1) is 15.5. The molecule has 0 aliphatic carbocycles. The molecule has 1 atom stereocenters. The molecule has 0 unspecified atom stereocenters. The number of piperazine rings is 1. The van der Waals surface area contributed by atoms with Gasteiger partial charge in [-0.05, 0) is 56.7 Å². The Morgan fingerprint density at radius 2 is 1.68 bits per heavy atom. The molecule has 7 nitrogen and oxygen atoms in total. The van der Waals surface area contributed by atoms with Crippen LogP contribution in [0.2, 0.25) is 0 Å². The van der Waals surface area contributed by atoms with Crippen molar-refractivity contribution in [2.45, 2.75) is 37.4 Å². The van der Waals surface area contributed by atoms with E-state index in [1.165, 1.54) is 4.31 Å². The van der Waals surface area contributed by atoms with E-state index in [4.69, 9.17) is 0 Å². The third-order valence-corrected chi connectivity index (χ3v) is 8.03. The van der Waals surface area contributed by atoms with Gasteiger partial charge in [-0.1, -0.05) is 0 Å². The van der Waals surface area contributed by atoms with Crippen LogP contribution in [0.25, 0.3) is 0 Å². The summed E-state index contributed by atoms with van der Waals surface area (Å²) < 4.78 is 65.5. The molecule has 2 aliphatic heterocycles. The van der Waals surface area contributed by atoms with Gasteiger partial charge in [0.15, 0.2) is 0 Å². The highest BCUT2D eigenvalue weighted by Gasteiger charge is 2.36. The topological polar surface area (TPSA) is 73.8 Å². The maximum atomic E-state index is 13.2. The Morgan fingerprint density at radius 3 is 2.18 bits per heavy atom. The van der Waals surface area contributed by atoms with Gasteiger partial charge in [0.2, 0.25) is 10.0 Å². The molecular formula is C22H26ClF3N4O3S. The first-order valence-corrected chi connectivity index (χ1v) is 12.1. The molecule has 3 heterocycles. The minimum absolute atomic E-state index is 0. The van der Waals surface area contributed by atoms with Crippen molar-refractivity contribution in [1.29, 1.82) is 0 Å². The molecule has 0 radical (unpaired) electrons. The van der Waals surface area contributed by atoms with Gasteiger partial charge in [-0.2, -0.15) is 17.5 Å². The summed E-state index contributed by atoms with van der Waals surface area (Å²) in [4.78, 5) is 21.2. The van der Waals surface area contributed by atoms with Crippen LogP contribution in [0.5, 0.6) is 0 Å². The number of sulfonamides is 1. The van der Waals surface area contributed by atoms with Crippen LogP contribution in [0.3, 0.4) is 0 Å². The Labute approximate surface area is 203 Å². The zero-order valence-corrected chi connectivity index (χ0v) is 20.4. The number of halogens is 4. The molecule has 12 heteroatoms. The lowest BCUT2D eigenvalue weighted by Gasteiger charge is -2.39. The molecule has 1 amide bonds. The highest BCUT2D eigenvalue weighted by Crippen LogP contribution is 2.31. The highest BCUT2D eigenvalue weighted by molar-refractivity contribution is 7.89. The summed E-state index contributed by atoms with van der Waals surface area (Å²) in [6, 6.07) is 6.63. The van der Waals surface area contributed by atoms with Crippen LogP contribution in [0.4, 0.5) is 19.0 Å². The number of hydrogen-bond donors (Lipinski definition) is 0. The predicted octanol–water partition coefficient (Wildman–Crippen LogP) is 3.58. The number of carbonyl (C=O) groups is 1. The first kappa shape index (κ1) is 26.2. The van der Waals surface area contributed by atoms with Gasteiger partial charge < -0.3 is 9.80 Å². The number of nitrogens with zero attached hydrogens (tertiary/aromatic N) is 4. The lowest BCUT2D eigenvalue weighted by Crippen LogP contribution is -2.55. The zero-order chi connectivity index (χ0) is 24.0. The molecule has 2 aromatic rings. The maximum absolute atomic E-state index is 13.2. The van der Waals surface area contributed by atoms with Crippen molar-refractivity contribution in [2.75, 3.05) is 37.6 Å². The van der Waals surface area contributed by atoms with Crippen LogP contribution in [-0.4, -0.2) is 67.3 Å². The summed E-state index contributed by atoms with van der Waals surface area (Å²) in [6.45, 7) is 5.71. The summed E-state index contributed by atoms with van der Waals surface area (Å²) in [6.07, 6.45) is -3.41. The average molecular weight is 519 g/mol. The second-order valence-corrected chi connectivity index (χ2v) is 10.3. The fourth-order valence-electron chi connectivity index (χ4n) is 4.06. The lowest BCUT2D eigenvalue weighted by atomic mass is 10.1. The number of amides is 1. The van der Waals surface area contributed by atoms with E-state index < -0.39 is 27.8 Å². The number of rotatable bonds is 4. The molecule has 0 spiro atoms. The summed E-state index contributed by atoms with van der Waals surface area (Å²) >= 11 is 0. The molecule has 0 bridgehead atoms. The minimum Gasteiger partial charge on any atom is -0.356 e. The van der Waals surface area contributed by atoms with Crippen molar-refractivity contribution in [1.82, 2.24) is 14.2 Å². The average Bonchev–Trinajstić information content (AvgIpc) is 2.71. The summed E-state index contributed by atoms with van der Waals surface area (Å²) in [5.74, 6) is 0.630. The molecule has 4 rings (SSSR count). The molecule has 186 valence electrons. The lowest BCUT2D eigenvalue weighted by molar-refractivity contribution is -0.137. The fraction of sp³-hybridized carbons (Fsp3) is 0.455. The van der Waals surface area contributed by atoms with Gasteiger partial charge >= 0.3 is 6.18 Å². The van der Waals surface area contributed by atoms with Gasteiger partial charge in [-0.15, -0.1) is 12.4 Å². The monoisotopic (exact) mass is 518 g/mol. The molecule has 2 saturated heterocycles. The fourth-order valence-corrected chi connectivity index (χ4v) is 5.57. The number of benzene rings is 1. The van der Waals surface area contributed by atoms with E-state index in [-0.39, 0.29) is 42.8 Å². The molecular weight excluding hydrogens is 493 g/mol. The third-order valence-electron chi connectivity index (χ3n) is 6.15. The van der Waals surface area contributed by atoms with Crippen LogP contribution in [-0.2, 0) is 16.2 Å². The zero-order valence-electron chi connectivity index (χ0n) is 18.7. The number of aryl methyl sites for hydroxylation is 1. The summed E-state index contributed by atoms with van der Waals surface area (Å²) in [5.41, 5.74) is 0.191. The van der Waals surface area contributed by atoms with Crippen molar-refractivity contribution in [3.63, 3.8) is 0 Å². The quantitative estimate of drug-likeness (QED) is 0.618. The Hall–Kier alpha value is -2.37. The Balaban J connectivity index is 0.00000324. The van der Waals surface area contributed by atoms with E-state index in [1.807, 2.05) is 6.07 Å². The first-order valence-electron chi connectivity index (χ1n) is 10.7. The van der Waals surface area contributed by atoms with E-state index >= 15 is 0 Å². The number of aromatic nitrogens is 1. The second-order valence-electron chi connectivity index (χ2n) is 8.38. The number of carbonyl (C=O) groups excluding carboxylic acids is 1. The van der Waals surface area contributed by atoms with E-state index in [0.29, 0.717) is 11.3 Å². The molecule has 0 N–H and O–H groups in total. The van der Waals surface area contributed by atoms with Crippen LogP contribution in [0, 0.1) is 6.92 Å². The van der Waals surface area contributed by atoms with Crippen LogP contribution < -0.4 is 4.90 Å². The van der Waals surface area contributed by atoms with E-state index in [0.717, 1.165) is 49.6 Å². The summed E-state index contributed by atoms with van der Waals surface area (Å²) in [5, 5.41) is 0. The highest BCUT2D eigenvalue weighted by atomic mass is 35.5. The number of anilines is 1. The van der Waals surface area contributed by atoms with Gasteiger partial charge in [-0.3, -0.25) is 4.79 Å². The van der Waals surface area contributed by atoms with Crippen molar-refractivity contribution < 1.29 is 26.4 Å². The number of hydrogen-bond acceptors (Lipinski definition) is 5. The standard InChI is InChI=1S/C22H25F3N4O3S.ClH/c1-15-14-28(33(31,32)18-6-4-17(5-7-18)22(23,24)25)12-13-29(15)21(30)19-8-9-20(26-16(19)2)27-10-3-11-27;/h4-9,15H,3,10-14H2,1-2H3;1H/t15-;/m0./s1. The van der Waals surface area contributed by atoms with E-state index in [2.05, 4.69) is 9.88 Å². The molecule has 2 aliphatic rings. The normalized spacial score (nSPS) is 19.4. The van der Waals surface area contributed by atoms with Gasteiger partial charge in [0.1, 0.15) is 5.82 Å². The second kappa shape index (κ2) is 9.71. The summed E-state index contributed by atoms with van der Waals surface area (Å²) in [7, 11) is -3.98. The molecule has 1 aromatic heterocycles. The SMILES string of the molecule is Cc1nc(N2CCC2)ccc1C(=O)N1CCN(S(=O)(=O)c2ccc(C(F)(F)F)cc2)C[C@@H]1C.Cl. The molecule has 2 fully saturated rings. The van der Waals surface area contributed by atoms with Gasteiger partial charge in [0.25, 0.3) is 5.91 Å². The Bertz CT molecular complexity index is 1150. The van der Waals surface area contributed by atoms with Crippen molar-refractivity contribution >= 4 is 34.2 Å². The number of alkyl halides is 3. The van der Waals surface area contributed by atoms with E-state index in [9.17, 15) is 26.4 Å². The molecule has 34 heavy (non-hydrogen) atoms. The van der Waals surface area contributed by atoms with Crippen molar-refractivity contribution in [3.8, 4) is 0 Å². The van der Waals surface area contributed by atoms with Crippen LogP contribution >= 0.6 is 12.4 Å². The molecule has 0 saturated carbocycles. The van der Waals surface area contributed by atoms with Crippen molar-refractivity contribution in [3.05, 3.63) is 53.2 Å². The third kappa shape index (κ3) is 5.01. The maximum Gasteiger partial charge on any atom is 0.416 e. The van der Waals surface area contributed by atoms with Gasteiger partial charge in [0.05, 0.1) is 21.7 Å².